The molecule has 0 aliphatic heterocycles. The number of nitro benzene ring substituents is 1. The van der Waals surface area contributed by atoms with E-state index in [2.05, 4.69) is 31.4 Å². The fourth-order valence-corrected chi connectivity index (χ4v) is 2.33. The van der Waals surface area contributed by atoms with Crippen molar-refractivity contribution in [3.8, 4) is 0 Å². The Morgan fingerprint density at radius 3 is 3.00 bits per heavy atom. The topological polar surface area (TPSA) is 80.4 Å². The lowest BCUT2D eigenvalue weighted by Crippen LogP contribution is -1.96. The molecule has 1 aromatic heterocycles. The van der Waals surface area contributed by atoms with Crippen molar-refractivity contribution in [1.29, 1.82) is 0 Å². The molecular formula is C11H9BrN4O2S. The first kappa shape index (κ1) is 13.6. The lowest BCUT2D eigenvalue weighted by Gasteiger charge is -1.98. The largest absolute Gasteiger partial charge is 0.279 e. The van der Waals surface area contributed by atoms with E-state index in [-0.39, 0.29) is 5.69 Å². The molecule has 1 aromatic carbocycles. The Labute approximate surface area is 121 Å². The number of benzene rings is 1. The molecule has 0 saturated heterocycles. The van der Waals surface area contributed by atoms with Crippen molar-refractivity contribution in [2.24, 2.45) is 5.10 Å². The highest BCUT2D eigenvalue weighted by Gasteiger charge is 2.12. The van der Waals surface area contributed by atoms with Crippen LogP contribution in [0.2, 0.25) is 0 Å². The Kier molecular flexibility index (Phi) is 4.23. The second-order valence-corrected chi connectivity index (χ2v) is 5.40. The predicted molar refractivity (Wildman–Crippen MR) is 78.9 cm³/mol. The molecule has 98 valence electrons. The Bertz CT molecular complexity index is 641. The number of hydrogen-bond acceptors (Lipinski definition) is 6. The summed E-state index contributed by atoms with van der Waals surface area (Å²) >= 11 is 4.62. The van der Waals surface area contributed by atoms with Gasteiger partial charge in [0.25, 0.3) is 5.69 Å². The van der Waals surface area contributed by atoms with Gasteiger partial charge in [0.2, 0.25) is 5.13 Å². The Morgan fingerprint density at radius 2 is 2.37 bits per heavy atom. The number of rotatable bonds is 4. The minimum absolute atomic E-state index is 0.00440. The van der Waals surface area contributed by atoms with Crippen molar-refractivity contribution in [3.63, 3.8) is 0 Å². The summed E-state index contributed by atoms with van der Waals surface area (Å²) in [6, 6.07) is 4.79. The number of nitro groups is 1. The summed E-state index contributed by atoms with van der Waals surface area (Å²) in [5.74, 6) is 0. The number of halogens is 1. The smallest absolute Gasteiger partial charge is 0.258 e. The van der Waals surface area contributed by atoms with Gasteiger partial charge in [-0.3, -0.25) is 15.5 Å². The maximum Gasteiger partial charge on any atom is 0.279 e. The Hall–Kier alpha value is -1.80. The molecule has 0 unspecified atom stereocenters. The zero-order chi connectivity index (χ0) is 13.8. The number of aromatic nitrogens is 1. The summed E-state index contributed by atoms with van der Waals surface area (Å²) < 4.78 is 0.653. The number of nitrogens with zero attached hydrogens (tertiary/aromatic N) is 3. The average Bonchev–Trinajstić information content (AvgIpc) is 2.77. The van der Waals surface area contributed by atoms with Crippen molar-refractivity contribution in [2.45, 2.75) is 6.92 Å². The molecule has 2 rings (SSSR count). The van der Waals surface area contributed by atoms with E-state index < -0.39 is 4.92 Å². The van der Waals surface area contributed by atoms with Gasteiger partial charge in [0.05, 0.1) is 22.4 Å². The summed E-state index contributed by atoms with van der Waals surface area (Å²) in [6.07, 6.45) is 1.40. The number of hydrogen-bond donors (Lipinski definition) is 1. The number of anilines is 1. The van der Waals surface area contributed by atoms with Gasteiger partial charge in [0.15, 0.2) is 0 Å². The van der Waals surface area contributed by atoms with Crippen LogP contribution in [0, 0.1) is 17.0 Å². The van der Waals surface area contributed by atoms with Crippen LogP contribution >= 0.6 is 27.3 Å². The summed E-state index contributed by atoms with van der Waals surface area (Å²) in [5.41, 5.74) is 4.06. The van der Waals surface area contributed by atoms with Crippen LogP contribution in [-0.4, -0.2) is 16.1 Å². The molecular weight excluding hydrogens is 332 g/mol. The minimum atomic E-state index is -0.445. The summed E-state index contributed by atoms with van der Waals surface area (Å²) in [4.78, 5) is 14.6. The van der Waals surface area contributed by atoms with Crippen LogP contribution in [0.4, 0.5) is 10.8 Å². The molecule has 0 atom stereocenters. The van der Waals surface area contributed by atoms with Crippen molar-refractivity contribution < 1.29 is 4.92 Å². The first-order valence-electron chi connectivity index (χ1n) is 5.21. The Balaban J connectivity index is 2.16. The van der Waals surface area contributed by atoms with E-state index in [1.807, 2.05) is 12.3 Å². The van der Waals surface area contributed by atoms with Gasteiger partial charge < -0.3 is 0 Å². The molecule has 0 amide bonds. The highest BCUT2D eigenvalue weighted by Crippen LogP contribution is 2.22. The van der Waals surface area contributed by atoms with Crippen molar-refractivity contribution in [1.82, 2.24) is 4.98 Å². The third-order valence-electron chi connectivity index (χ3n) is 2.17. The van der Waals surface area contributed by atoms with Gasteiger partial charge in [0.1, 0.15) is 0 Å². The van der Waals surface area contributed by atoms with Gasteiger partial charge in [-0.05, 0) is 19.1 Å². The van der Waals surface area contributed by atoms with Crippen LogP contribution in [-0.2, 0) is 0 Å². The van der Waals surface area contributed by atoms with E-state index in [9.17, 15) is 10.1 Å². The summed E-state index contributed by atoms with van der Waals surface area (Å²) in [7, 11) is 0. The first-order valence-corrected chi connectivity index (χ1v) is 6.88. The molecule has 0 aliphatic rings. The third kappa shape index (κ3) is 3.58. The van der Waals surface area contributed by atoms with E-state index in [1.54, 1.807) is 12.1 Å². The molecule has 0 saturated carbocycles. The van der Waals surface area contributed by atoms with Gasteiger partial charge in [-0.1, -0.05) is 15.9 Å². The van der Waals surface area contributed by atoms with Crippen LogP contribution in [0.5, 0.6) is 0 Å². The molecule has 0 bridgehead atoms. The van der Waals surface area contributed by atoms with Crippen molar-refractivity contribution in [3.05, 3.63) is 49.4 Å². The summed E-state index contributed by atoms with van der Waals surface area (Å²) in [6.45, 7) is 1.88. The van der Waals surface area contributed by atoms with Crippen LogP contribution in [0.15, 0.2) is 33.2 Å². The Morgan fingerprint density at radius 1 is 1.58 bits per heavy atom. The molecule has 6 nitrogen and oxygen atoms in total. The lowest BCUT2D eigenvalue weighted by molar-refractivity contribution is -0.385. The highest BCUT2D eigenvalue weighted by atomic mass is 79.9. The molecule has 1 N–H and O–H groups in total. The van der Waals surface area contributed by atoms with E-state index >= 15 is 0 Å². The molecule has 1 heterocycles. The van der Waals surface area contributed by atoms with Crippen molar-refractivity contribution in [2.75, 3.05) is 5.43 Å². The fourth-order valence-electron chi connectivity index (χ4n) is 1.35. The molecule has 0 radical (unpaired) electrons. The maximum atomic E-state index is 10.9. The second-order valence-electron chi connectivity index (χ2n) is 3.62. The van der Waals surface area contributed by atoms with Gasteiger partial charge in [-0.2, -0.15) is 5.10 Å². The summed E-state index contributed by atoms with van der Waals surface area (Å²) in [5, 5.41) is 17.4. The van der Waals surface area contributed by atoms with Gasteiger partial charge in [-0.15, -0.1) is 11.3 Å². The average molecular weight is 341 g/mol. The standard InChI is InChI=1S/C11H9BrN4O2S/c1-7-6-19-11(14-7)15-13-5-8-2-3-9(12)4-10(8)16(17)18/h2-6H,1H3,(H,14,15). The predicted octanol–water partition coefficient (Wildman–Crippen LogP) is 3.57. The molecule has 0 aliphatic carbocycles. The second kappa shape index (κ2) is 5.89. The molecule has 8 heteroatoms. The molecule has 0 fully saturated rings. The highest BCUT2D eigenvalue weighted by molar-refractivity contribution is 9.10. The number of hydrazone groups is 1. The third-order valence-corrected chi connectivity index (χ3v) is 3.53. The van der Waals surface area contributed by atoms with Crippen LogP contribution in [0.3, 0.4) is 0 Å². The van der Waals surface area contributed by atoms with Gasteiger partial charge >= 0.3 is 0 Å². The normalized spacial score (nSPS) is 10.8. The van der Waals surface area contributed by atoms with E-state index in [0.717, 1.165) is 5.69 Å². The minimum Gasteiger partial charge on any atom is -0.258 e. The molecule has 19 heavy (non-hydrogen) atoms. The van der Waals surface area contributed by atoms with E-state index in [1.165, 1.54) is 23.6 Å². The lowest BCUT2D eigenvalue weighted by atomic mass is 10.2. The first-order chi connectivity index (χ1) is 9.06. The van der Waals surface area contributed by atoms with Gasteiger partial charge in [-0.25, -0.2) is 4.98 Å². The zero-order valence-corrected chi connectivity index (χ0v) is 12.2. The monoisotopic (exact) mass is 340 g/mol. The van der Waals surface area contributed by atoms with Gasteiger partial charge in [0, 0.05) is 15.9 Å². The van der Waals surface area contributed by atoms with E-state index in [4.69, 9.17) is 0 Å². The van der Waals surface area contributed by atoms with Crippen LogP contribution in [0.1, 0.15) is 11.3 Å². The number of aryl methyl sites for hydroxylation is 1. The fraction of sp³-hybridized carbons (Fsp3) is 0.0909. The van der Waals surface area contributed by atoms with Crippen LogP contribution in [0.25, 0.3) is 0 Å². The number of thiazole rings is 1. The maximum absolute atomic E-state index is 10.9. The molecule has 2 aromatic rings. The molecule has 0 spiro atoms. The quantitative estimate of drug-likeness (QED) is 0.524. The SMILES string of the molecule is Cc1csc(NN=Cc2ccc(Br)cc2[N+](=O)[O-])n1. The number of nitrogens with one attached hydrogen (secondary N) is 1. The van der Waals surface area contributed by atoms with Crippen molar-refractivity contribution >= 4 is 44.3 Å². The van der Waals surface area contributed by atoms with E-state index in [0.29, 0.717) is 15.2 Å². The zero-order valence-electron chi connectivity index (χ0n) is 9.83. The van der Waals surface area contributed by atoms with Crippen LogP contribution < -0.4 is 5.43 Å².